The van der Waals surface area contributed by atoms with Crippen LogP contribution in [0.1, 0.15) is 53.0 Å². The summed E-state index contributed by atoms with van der Waals surface area (Å²) in [5, 5.41) is 10.3. The fourth-order valence-electron chi connectivity index (χ4n) is 5.54. The molecule has 5 rings (SSSR count). The molecule has 0 saturated carbocycles. The van der Waals surface area contributed by atoms with Crippen LogP contribution < -0.4 is 0 Å². The van der Waals surface area contributed by atoms with E-state index in [2.05, 4.69) is 37.9 Å². The van der Waals surface area contributed by atoms with E-state index in [1.807, 2.05) is 47.1 Å². The molecule has 2 aromatic carbocycles. The molecule has 0 spiro atoms. The molecule has 1 atom stereocenters. The van der Waals surface area contributed by atoms with Gasteiger partial charge in [0.25, 0.3) is 5.91 Å². The zero-order valence-electron chi connectivity index (χ0n) is 20.7. The molecular weight excluding hydrogens is 520 g/mol. The van der Waals surface area contributed by atoms with Gasteiger partial charge in [0.1, 0.15) is 0 Å². The van der Waals surface area contributed by atoms with E-state index in [4.69, 9.17) is 5.11 Å². The molecule has 8 heteroatoms. The number of halogens is 1. The molecule has 1 unspecified atom stereocenters. The molecule has 1 saturated heterocycles. The lowest BCUT2D eigenvalue weighted by Crippen LogP contribution is -2.49. The number of β-amino-alcohol motifs (C(OH)–C–C–N with tert-alkyl or cyclic N) is 1. The van der Waals surface area contributed by atoms with Gasteiger partial charge in [-0.1, -0.05) is 35.0 Å². The molecule has 190 valence electrons. The summed E-state index contributed by atoms with van der Waals surface area (Å²) in [6.45, 7) is 6.39. The minimum absolute atomic E-state index is 0.0314. The van der Waals surface area contributed by atoms with Crippen LogP contribution in [0.25, 0.3) is 10.9 Å². The number of piperazine rings is 1. The summed E-state index contributed by atoms with van der Waals surface area (Å²) in [7, 11) is 0. The predicted octanol–water partition coefficient (Wildman–Crippen LogP) is 3.95. The smallest absolute Gasteiger partial charge is 0.253 e. The fraction of sp³-hybridized carbons (Fsp3) is 0.429. The maximum Gasteiger partial charge on any atom is 0.253 e. The lowest BCUT2D eigenvalue weighted by atomic mass is 9.91. The standard InChI is InChI=1S/C28H33BrN4O3/c1-2-3-25(35)33-11-10-22-23-18-21(29)8-9-24(23)30-26(22)27(33)19-4-6-20(7-5-19)28(36)32-14-12-31(13-15-32)16-17-34/h4-9,18,27,30,34H,2-3,10-17H2,1H3. The van der Waals surface area contributed by atoms with Gasteiger partial charge in [-0.2, -0.15) is 0 Å². The molecule has 36 heavy (non-hydrogen) atoms. The summed E-state index contributed by atoms with van der Waals surface area (Å²) in [6.07, 6.45) is 2.15. The van der Waals surface area contributed by atoms with Gasteiger partial charge in [0.05, 0.1) is 12.6 Å². The molecule has 2 amide bonds. The zero-order chi connectivity index (χ0) is 25.2. The van der Waals surface area contributed by atoms with Crippen LogP contribution in [0.15, 0.2) is 46.9 Å². The number of benzene rings is 2. The number of aliphatic hydroxyl groups excluding tert-OH is 1. The van der Waals surface area contributed by atoms with Crippen molar-refractivity contribution in [2.24, 2.45) is 0 Å². The van der Waals surface area contributed by atoms with Crippen LogP contribution in [0.4, 0.5) is 0 Å². The first-order chi connectivity index (χ1) is 17.5. The van der Waals surface area contributed by atoms with Crippen molar-refractivity contribution in [3.05, 3.63) is 69.3 Å². The Balaban J connectivity index is 1.43. The van der Waals surface area contributed by atoms with Crippen molar-refractivity contribution in [1.29, 1.82) is 0 Å². The zero-order valence-corrected chi connectivity index (χ0v) is 22.3. The number of nitrogens with zero attached hydrogens (tertiary/aromatic N) is 3. The highest BCUT2D eigenvalue weighted by atomic mass is 79.9. The number of fused-ring (bicyclic) bond motifs is 3. The predicted molar refractivity (Wildman–Crippen MR) is 144 cm³/mol. The van der Waals surface area contributed by atoms with Crippen molar-refractivity contribution >= 4 is 38.6 Å². The maximum absolute atomic E-state index is 13.1. The van der Waals surface area contributed by atoms with Gasteiger partial charge in [-0.25, -0.2) is 0 Å². The molecule has 2 N–H and O–H groups in total. The molecular formula is C28H33BrN4O3. The summed E-state index contributed by atoms with van der Waals surface area (Å²) in [4.78, 5) is 35.9. The van der Waals surface area contributed by atoms with E-state index < -0.39 is 0 Å². The SMILES string of the molecule is CCCC(=O)N1CCc2c([nH]c3ccc(Br)cc23)C1c1ccc(C(=O)N2CCN(CCO)CC2)cc1. The number of carbonyl (C=O) groups excluding carboxylic acids is 2. The number of rotatable bonds is 6. The summed E-state index contributed by atoms with van der Waals surface area (Å²) in [5.41, 5.74) is 5.08. The highest BCUT2D eigenvalue weighted by Gasteiger charge is 2.34. The Kier molecular flexibility index (Phi) is 7.46. The van der Waals surface area contributed by atoms with Crippen LogP contribution in [0.5, 0.6) is 0 Å². The summed E-state index contributed by atoms with van der Waals surface area (Å²) in [5.74, 6) is 0.192. The van der Waals surface area contributed by atoms with Crippen molar-refractivity contribution in [1.82, 2.24) is 19.7 Å². The molecule has 2 aliphatic rings. The fourth-order valence-corrected chi connectivity index (χ4v) is 5.90. The van der Waals surface area contributed by atoms with E-state index in [1.165, 1.54) is 10.9 Å². The van der Waals surface area contributed by atoms with Gasteiger partial charge in [0.2, 0.25) is 5.91 Å². The summed E-state index contributed by atoms with van der Waals surface area (Å²) >= 11 is 3.60. The van der Waals surface area contributed by atoms with Crippen molar-refractivity contribution in [3.63, 3.8) is 0 Å². The molecule has 3 aromatic rings. The van der Waals surface area contributed by atoms with Gasteiger partial charge in [-0.3, -0.25) is 14.5 Å². The van der Waals surface area contributed by atoms with E-state index >= 15 is 0 Å². The molecule has 0 aliphatic carbocycles. The van der Waals surface area contributed by atoms with E-state index in [1.54, 1.807) is 0 Å². The van der Waals surface area contributed by atoms with Crippen molar-refractivity contribution in [2.75, 3.05) is 45.9 Å². The first-order valence-corrected chi connectivity index (χ1v) is 13.6. The lowest BCUT2D eigenvalue weighted by Gasteiger charge is -2.36. The van der Waals surface area contributed by atoms with Crippen LogP contribution in [0.2, 0.25) is 0 Å². The number of nitrogens with one attached hydrogen (secondary N) is 1. The van der Waals surface area contributed by atoms with Crippen LogP contribution in [-0.2, 0) is 11.2 Å². The molecule has 0 bridgehead atoms. The highest BCUT2D eigenvalue weighted by Crippen LogP contribution is 2.39. The number of aromatic amines is 1. The van der Waals surface area contributed by atoms with Gasteiger partial charge in [0.15, 0.2) is 0 Å². The van der Waals surface area contributed by atoms with Crippen molar-refractivity contribution in [2.45, 2.75) is 32.2 Å². The second-order valence-corrected chi connectivity index (χ2v) is 10.6. The van der Waals surface area contributed by atoms with Crippen LogP contribution in [0, 0.1) is 0 Å². The van der Waals surface area contributed by atoms with Gasteiger partial charge in [-0.05, 0) is 54.3 Å². The van der Waals surface area contributed by atoms with E-state index in [0.29, 0.717) is 38.2 Å². The molecule has 1 aromatic heterocycles. The van der Waals surface area contributed by atoms with Crippen molar-refractivity contribution in [3.8, 4) is 0 Å². The first kappa shape index (κ1) is 25.0. The van der Waals surface area contributed by atoms with Crippen LogP contribution in [0.3, 0.4) is 0 Å². The van der Waals surface area contributed by atoms with Gasteiger partial charge in [0, 0.05) is 72.3 Å². The number of aliphatic hydroxyl groups is 1. The van der Waals surface area contributed by atoms with Gasteiger partial charge < -0.3 is 19.9 Å². The van der Waals surface area contributed by atoms with Gasteiger partial charge >= 0.3 is 0 Å². The molecule has 0 radical (unpaired) electrons. The molecule has 2 aliphatic heterocycles. The van der Waals surface area contributed by atoms with E-state index in [0.717, 1.165) is 47.2 Å². The van der Waals surface area contributed by atoms with Crippen molar-refractivity contribution < 1.29 is 14.7 Å². The van der Waals surface area contributed by atoms with E-state index in [9.17, 15) is 9.59 Å². The van der Waals surface area contributed by atoms with Crippen LogP contribution in [-0.4, -0.2) is 82.5 Å². The first-order valence-electron chi connectivity index (χ1n) is 12.8. The normalized spacial score (nSPS) is 18.5. The number of hydrogen-bond acceptors (Lipinski definition) is 4. The Hall–Kier alpha value is -2.68. The quantitative estimate of drug-likeness (QED) is 0.485. The topological polar surface area (TPSA) is 79.9 Å². The Morgan fingerprint density at radius 3 is 2.50 bits per heavy atom. The number of aromatic nitrogens is 1. The number of carbonyl (C=O) groups is 2. The Bertz CT molecular complexity index is 1250. The Labute approximate surface area is 220 Å². The van der Waals surface area contributed by atoms with Gasteiger partial charge in [-0.15, -0.1) is 0 Å². The molecule has 7 nitrogen and oxygen atoms in total. The summed E-state index contributed by atoms with van der Waals surface area (Å²) in [6, 6.07) is 13.9. The average Bonchev–Trinajstić information content (AvgIpc) is 3.26. The maximum atomic E-state index is 13.1. The second-order valence-electron chi connectivity index (χ2n) is 9.68. The summed E-state index contributed by atoms with van der Waals surface area (Å²) < 4.78 is 1.04. The number of amides is 2. The van der Waals surface area contributed by atoms with E-state index in [-0.39, 0.29) is 24.5 Å². The largest absolute Gasteiger partial charge is 0.395 e. The molecule has 1 fully saturated rings. The average molecular weight is 554 g/mol. The third kappa shape index (κ3) is 4.82. The lowest BCUT2D eigenvalue weighted by molar-refractivity contribution is -0.133. The highest BCUT2D eigenvalue weighted by molar-refractivity contribution is 9.10. The van der Waals surface area contributed by atoms with Crippen LogP contribution >= 0.6 is 15.9 Å². The minimum Gasteiger partial charge on any atom is -0.395 e. The second kappa shape index (κ2) is 10.7. The minimum atomic E-state index is -0.204. The molecule has 3 heterocycles. The number of H-pyrrole nitrogens is 1. The third-order valence-electron chi connectivity index (χ3n) is 7.42. The monoisotopic (exact) mass is 552 g/mol. The Morgan fingerprint density at radius 2 is 1.81 bits per heavy atom. The Morgan fingerprint density at radius 1 is 1.06 bits per heavy atom. The number of hydrogen-bond donors (Lipinski definition) is 2. The third-order valence-corrected chi connectivity index (χ3v) is 7.92.